The Morgan fingerprint density at radius 2 is 1.07 bits per heavy atom. The van der Waals surface area contributed by atoms with Crippen LogP contribution >= 0.6 is 11.3 Å². The van der Waals surface area contributed by atoms with E-state index in [1.807, 2.05) is 72.9 Å². The van der Waals surface area contributed by atoms with E-state index in [4.69, 9.17) is 19.9 Å². The van der Waals surface area contributed by atoms with Crippen molar-refractivity contribution in [3.8, 4) is 62.1 Å². The Kier molecular flexibility index (Phi) is 7.38. The van der Waals surface area contributed by atoms with E-state index in [0.29, 0.717) is 17.5 Å². The average Bonchev–Trinajstić information content (AvgIpc) is 3.91. The molecule has 0 saturated carbocycles. The van der Waals surface area contributed by atoms with Crippen LogP contribution < -0.4 is 0 Å². The highest BCUT2D eigenvalue weighted by atomic mass is 32.1. The zero-order valence-corrected chi connectivity index (χ0v) is 33.2. The Bertz CT molecular complexity index is 3400. The number of fused-ring (bicyclic) bond motifs is 9. The maximum absolute atomic E-state index is 5.11. The Morgan fingerprint density at radius 1 is 0.458 bits per heavy atom. The standard InChI is InChI=1S/C53H35N5S/c1-53(2)43-21-13-12-20-37(43)39-30-41-40-28-34(22-24-45(40)58(46(41)31-44(39)53)36-18-10-5-11-19-36)35-23-25-47-42(29-35)48-38(26-27-54-52(48)59-47)51-56-49(32-14-6-3-7-15-32)55-50(57-51)33-16-8-4-9-17-33/h3-31H,1-2H3. The molecule has 6 heteroatoms. The van der Waals surface area contributed by atoms with Gasteiger partial charge in [0.1, 0.15) is 4.83 Å². The summed E-state index contributed by atoms with van der Waals surface area (Å²) in [6.07, 6.45) is 1.87. The highest BCUT2D eigenvalue weighted by Gasteiger charge is 2.36. The third-order valence-electron chi connectivity index (χ3n) is 12.1. The number of pyridine rings is 1. The van der Waals surface area contributed by atoms with Gasteiger partial charge in [0.05, 0.1) is 11.0 Å². The number of hydrogen-bond acceptors (Lipinski definition) is 5. The van der Waals surface area contributed by atoms with Crippen molar-refractivity contribution in [1.82, 2.24) is 24.5 Å². The smallest absolute Gasteiger partial charge is 0.164 e. The van der Waals surface area contributed by atoms with E-state index in [1.165, 1.54) is 48.8 Å². The molecule has 0 radical (unpaired) electrons. The third-order valence-corrected chi connectivity index (χ3v) is 13.2. The van der Waals surface area contributed by atoms with Crippen LogP contribution in [0.25, 0.3) is 104 Å². The number of para-hydroxylation sites is 1. The van der Waals surface area contributed by atoms with Gasteiger partial charge in [-0.05, 0) is 88.0 Å². The summed E-state index contributed by atoms with van der Waals surface area (Å²) < 4.78 is 3.60. The Morgan fingerprint density at radius 3 is 1.80 bits per heavy atom. The molecule has 0 fully saturated rings. The number of benzene rings is 7. The van der Waals surface area contributed by atoms with Crippen LogP contribution in [0, 0.1) is 0 Å². The lowest BCUT2D eigenvalue weighted by atomic mass is 9.82. The Hall–Kier alpha value is -7.28. The van der Waals surface area contributed by atoms with Gasteiger partial charge in [-0.3, -0.25) is 0 Å². The summed E-state index contributed by atoms with van der Waals surface area (Å²) >= 11 is 1.70. The first-order chi connectivity index (χ1) is 29.0. The summed E-state index contributed by atoms with van der Waals surface area (Å²) in [5.74, 6) is 1.91. The molecule has 4 aromatic heterocycles. The van der Waals surface area contributed by atoms with Gasteiger partial charge in [0.25, 0.3) is 0 Å². The molecule has 7 aromatic carbocycles. The second-order valence-corrected chi connectivity index (χ2v) is 16.9. The molecule has 1 aliphatic rings. The van der Waals surface area contributed by atoms with Crippen molar-refractivity contribution in [2.75, 3.05) is 0 Å². The summed E-state index contributed by atoms with van der Waals surface area (Å²) in [6.45, 7) is 4.71. The second kappa shape index (κ2) is 12.9. The van der Waals surface area contributed by atoms with Crippen LogP contribution in [-0.2, 0) is 5.41 Å². The number of hydrogen-bond donors (Lipinski definition) is 0. The monoisotopic (exact) mass is 773 g/mol. The fourth-order valence-corrected chi connectivity index (χ4v) is 10.3. The molecule has 5 nitrogen and oxygen atoms in total. The van der Waals surface area contributed by atoms with Crippen LogP contribution in [0.5, 0.6) is 0 Å². The van der Waals surface area contributed by atoms with Crippen molar-refractivity contribution in [3.63, 3.8) is 0 Å². The summed E-state index contributed by atoms with van der Waals surface area (Å²) in [4.78, 5) is 21.0. The fourth-order valence-electron chi connectivity index (χ4n) is 9.24. The van der Waals surface area contributed by atoms with Crippen LogP contribution in [-0.4, -0.2) is 24.5 Å². The Labute approximate surface area is 345 Å². The molecule has 11 aromatic rings. The molecular weight excluding hydrogens is 739 g/mol. The molecule has 12 rings (SSSR count). The molecule has 0 spiro atoms. The number of rotatable bonds is 5. The minimum Gasteiger partial charge on any atom is -0.309 e. The molecule has 4 heterocycles. The molecule has 0 bridgehead atoms. The van der Waals surface area contributed by atoms with Crippen molar-refractivity contribution < 1.29 is 0 Å². The zero-order valence-electron chi connectivity index (χ0n) is 32.4. The molecule has 0 N–H and O–H groups in total. The van der Waals surface area contributed by atoms with Gasteiger partial charge in [-0.2, -0.15) is 0 Å². The Balaban J connectivity index is 1.06. The maximum atomic E-state index is 5.11. The van der Waals surface area contributed by atoms with Gasteiger partial charge in [0.2, 0.25) is 0 Å². The summed E-state index contributed by atoms with van der Waals surface area (Å²) in [6, 6.07) is 60.6. The maximum Gasteiger partial charge on any atom is 0.164 e. The normalized spacial score (nSPS) is 13.1. The van der Waals surface area contributed by atoms with Crippen LogP contribution in [0.2, 0.25) is 0 Å². The minimum atomic E-state index is -0.0940. The van der Waals surface area contributed by atoms with E-state index >= 15 is 0 Å². The quantitative estimate of drug-likeness (QED) is 0.175. The van der Waals surface area contributed by atoms with Gasteiger partial charge in [0, 0.05) is 60.2 Å². The lowest BCUT2D eigenvalue weighted by Crippen LogP contribution is -2.14. The van der Waals surface area contributed by atoms with E-state index in [1.54, 1.807) is 11.3 Å². The third kappa shape index (κ3) is 5.23. The van der Waals surface area contributed by atoms with Crippen molar-refractivity contribution >= 4 is 53.4 Å². The first kappa shape index (κ1) is 33.8. The highest BCUT2D eigenvalue weighted by molar-refractivity contribution is 7.25. The molecule has 1 aliphatic carbocycles. The largest absolute Gasteiger partial charge is 0.309 e. The van der Waals surface area contributed by atoms with Gasteiger partial charge < -0.3 is 4.57 Å². The van der Waals surface area contributed by atoms with Crippen LogP contribution in [0.15, 0.2) is 176 Å². The summed E-state index contributed by atoms with van der Waals surface area (Å²) in [7, 11) is 0. The fraction of sp³-hybridized carbons (Fsp3) is 0.0566. The van der Waals surface area contributed by atoms with Crippen LogP contribution in [0.4, 0.5) is 0 Å². The van der Waals surface area contributed by atoms with Gasteiger partial charge in [0.15, 0.2) is 17.5 Å². The number of aromatic nitrogens is 5. The molecule has 0 aliphatic heterocycles. The predicted octanol–water partition coefficient (Wildman–Crippen LogP) is 13.7. The minimum absolute atomic E-state index is 0.0940. The molecular formula is C53H35N5S. The van der Waals surface area contributed by atoms with E-state index in [-0.39, 0.29) is 5.41 Å². The first-order valence-electron chi connectivity index (χ1n) is 20.0. The molecule has 0 atom stereocenters. The molecule has 0 saturated heterocycles. The first-order valence-corrected chi connectivity index (χ1v) is 20.8. The topological polar surface area (TPSA) is 56.5 Å². The van der Waals surface area contributed by atoms with Crippen LogP contribution in [0.1, 0.15) is 25.0 Å². The van der Waals surface area contributed by atoms with Gasteiger partial charge >= 0.3 is 0 Å². The lowest BCUT2D eigenvalue weighted by Gasteiger charge is -2.21. The number of nitrogens with zero attached hydrogens (tertiary/aromatic N) is 5. The molecule has 0 amide bonds. The molecule has 59 heavy (non-hydrogen) atoms. The van der Waals surface area contributed by atoms with Crippen molar-refractivity contribution in [2.24, 2.45) is 0 Å². The SMILES string of the molecule is CC1(C)c2ccccc2-c2cc3c4cc(-c5ccc6sc7nccc(-c8nc(-c9ccccc9)nc(-c9ccccc9)n8)c7c6c5)ccc4n(-c4ccccc4)c3cc21. The van der Waals surface area contributed by atoms with Gasteiger partial charge in [-0.1, -0.05) is 129 Å². The highest BCUT2D eigenvalue weighted by Crippen LogP contribution is 2.51. The van der Waals surface area contributed by atoms with Crippen molar-refractivity contribution in [2.45, 2.75) is 19.3 Å². The van der Waals surface area contributed by atoms with E-state index in [0.717, 1.165) is 49.1 Å². The van der Waals surface area contributed by atoms with E-state index in [9.17, 15) is 0 Å². The molecule has 278 valence electrons. The van der Waals surface area contributed by atoms with Crippen molar-refractivity contribution in [1.29, 1.82) is 0 Å². The van der Waals surface area contributed by atoms with E-state index in [2.05, 4.69) is 122 Å². The summed E-state index contributed by atoms with van der Waals surface area (Å²) in [5.41, 5.74) is 14.0. The summed E-state index contributed by atoms with van der Waals surface area (Å²) in [5, 5.41) is 4.67. The lowest BCUT2D eigenvalue weighted by molar-refractivity contribution is 0.661. The molecule has 0 unspecified atom stereocenters. The van der Waals surface area contributed by atoms with Crippen LogP contribution in [0.3, 0.4) is 0 Å². The van der Waals surface area contributed by atoms with Crippen molar-refractivity contribution in [3.05, 3.63) is 187 Å². The zero-order chi connectivity index (χ0) is 39.2. The van der Waals surface area contributed by atoms with Gasteiger partial charge in [-0.15, -0.1) is 11.3 Å². The van der Waals surface area contributed by atoms with E-state index < -0.39 is 0 Å². The predicted molar refractivity (Wildman–Crippen MR) is 244 cm³/mol. The van der Waals surface area contributed by atoms with Gasteiger partial charge in [-0.25, -0.2) is 19.9 Å². The second-order valence-electron chi connectivity index (χ2n) is 15.9. The number of thiophene rings is 1. The average molecular weight is 774 g/mol.